The minimum absolute atomic E-state index is 0.132. The monoisotopic (exact) mass is 312 g/mol. The van der Waals surface area contributed by atoms with Crippen molar-refractivity contribution in [1.82, 2.24) is 15.2 Å². The highest BCUT2D eigenvalue weighted by Gasteiger charge is 2.07. The molecule has 0 atom stereocenters. The number of amides is 1. The molecule has 23 heavy (non-hydrogen) atoms. The SMILES string of the molecule is CN(C)CCCNC(=O)c1cc(NCc2ccccc2)ccn1. The van der Waals surface area contributed by atoms with E-state index in [0.29, 0.717) is 12.2 Å². The molecule has 1 heterocycles. The molecule has 122 valence electrons. The van der Waals surface area contributed by atoms with Crippen molar-refractivity contribution in [3.63, 3.8) is 0 Å². The van der Waals surface area contributed by atoms with Gasteiger partial charge in [0.05, 0.1) is 0 Å². The van der Waals surface area contributed by atoms with Gasteiger partial charge in [-0.05, 0) is 44.8 Å². The molecule has 0 aliphatic rings. The average molecular weight is 312 g/mol. The molecule has 0 spiro atoms. The molecule has 2 rings (SSSR count). The molecule has 5 nitrogen and oxygen atoms in total. The minimum atomic E-state index is -0.132. The third-order valence-electron chi connectivity index (χ3n) is 3.40. The van der Waals surface area contributed by atoms with E-state index in [1.807, 2.05) is 38.4 Å². The lowest BCUT2D eigenvalue weighted by molar-refractivity contribution is 0.0947. The van der Waals surface area contributed by atoms with Gasteiger partial charge in [0.1, 0.15) is 5.69 Å². The molecular weight excluding hydrogens is 288 g/mol. The summed E-state index contributed by atoms with van der Waals surface area (Å²) < 4.78 is 0. The predicted molar refractivity (Wildman–Crippen MR) is 93.5 cm³/mol. The highest BCUT2D eigenvalue weighted by atomic mass is 16.1. The number of nitrogens with one attached hydrogen (secondary N) is 2. The van der Waals surface area contributed by atoms with Gasteiger partial charge in [0, 0.05) is 25.0 Å². The Bertz CT molecular complexity index is 613. The number of anilines is 1. The first-order valence-electron chi connectivity index (χ1n) is 7.82. The number of hydrogen-bond acceptors (Lipinski definition) is 4. The number of carbonyl (C=O) groups excluding carboxylic acids is 1. The normalized spacial score (nSPS) is 10.6. The number of nitrogens with zero attached hydrogens (tertiary/aromatic N) is 2. The van der Waals surface area contributed by atoms with Crippen molar-refractivity contribution in [2.45, 2.75) is 13.0 Å². The smallest absolute Gasteiger partial charge is 0.269 e. The van der Waals surface area contributed by atoms with Crippen molar-refractivity contribution in [2.75, 3.05) is 32.5 Å². The lowest BCUT2D eigenvalue weighted by atomic mass is 10.2. The molecule has 0 aliphatic carbocycles. The van der Waals surface area contributed by atoms with Crippen LogP contribution in [0.1, 0.15) is 22.5 Å². The van der Waals surface area contributed by atoms with Crippen molar-refractivity contribution < 1.29 is 4.79 Å². The first kappa shape index (κ1) is 17.0. The van der Waals surface area contributed by atoms with Crippen molar-refractivity contribution in [3.8, 4) is 0 Å². The lowest BCUT2D eigenvalue weighted by Crippen LogP contribution is -2.27. The number of pyridine rings is 1. The number of carbonyl (C=O) groups is 1. The molecule has 0 saturated carbocycles. The summed E-state index contributed by atoms with van der Waals surface area (Å²) in [5.41, 5.74) is 2.52. The van der Waals surface area contributed by atoms with E-state index >= 15 is 0 Å². The van der Waals surface area contributed by atoms with Gasteiger partial charge in [-0.15, -0.1) is 0 Å². The van der Waals surface area contributed by atoms with E-state index in [1.54, 1.807) is 12.3 Å². The standard InChI is InChI=1S/C18H24N4O/c1-22(2)12-6-10-20-18(23)17-13-16(9-11-19-17)21-14-15-7-4-3-5-8-15/h3-5,7-9,11,13H,6,10,12,14H2,1-2H3,(H,19,21)(H,20,23). The van der Waals surface area contributed by atoms with E-state index < -0.39 is 0 Å². The zero-order valence-corrected chi connectivity index (χ0v) is 13.7. The highest BCUT2D eigenvalue weighted by Crippen LogP contribution is 2.10. The summed E-state index contributed by atoms with van der Waals surface area (Å²) >= 11 is 0. The summed E-state index contributed by atoms with van der Waals surface area (Å²) in [6, 6.07) is 13.8. The van der Waals surface area contributed by atoms with Gasteiger partial charge >= 0.3 is 0 Å². The summed E-state index contributed by atoms with van der Waals surface area (Å²) in [5.74, 6) is -0.132. The first-order chi connectivity index (χ1) is 11.1. The van der Waals surface area contributed by atoms with Crippen LogP contribution in [-0.2, 0) is 6.54 Å². The summed E-state index contributed by atoms with van der Waals surface area (Å²) in [5, 5.41) is 6.21. The van der Waals surface area contributed by atoms with Crippen LogP contribution in [0.2, 0.25) is 0 Å². The third kappa shape index (κ3) is 6.08. The van der Waals surface area contributed by atoms with E-state index in [-0.39, 0.29) is 5.91 Å². The molecule has 2 N–H and O–H groups in total. The molecule has 1 amide bonds. The van der Waals surface area contributed by atoms with Gasteiger partial charge in [-0.1, -0.05) is 30.3 Å². The van der Waals surface area contributed by atoms with Gasteiger partial charge < -0.3 is 15.5 Å². The van der Waals surface area contributed by atoms with Crippen molar-refractivity contribution in [1.29, 1.82) is 0 Å². The topological polar surface area (TPSA) is 57.3 Å². The van der Waals surface area contributed by atoms with Gasteiger partial charge in [0.2, 0.25) is 0 Å². The quantitative estimate of drug-likeness (QED) is 0.735. The van der Waals surface area contributed by atoms with Crippen LogP contribution in [0.4, 0.5) is 5.69 Å². The maximum absolute atomic E-state index is 12.1. The predicted octanol–water partition coefficient (Wildman–Crippen LogP) is 2.38. The van der Waals surface area contributed by atoms with E-state index in [9.17, 15) is 4.79 Å². The number of aromatic nitrogens is 1. The second kappa shape index (κ2) is 8.90. The molecule has 2 aromatic rings. The molecule has 5 heteroatoms. The van der Waals surface area contributed by atoms with Crippen LogP contribution >= 0.6 is 0 Å². The van der Waals surface area contributed by atoms with Crippen molar-refractivity contribution >= 4 is 11.6 Å². The van der Waals surface area contributed by atoms with Crippen LogP contribution in [0.5, 0.6) is 0 Å². The van der Waals surface area contributed by atoms with Gasteiger partial charge in [0.15, 0.2) is 0 Å². The Morgan fingerprint density at radius 2 is 1.96 bits per heavy atom. The summed E-state index contributed by atoms with van der Waals surface area (Å²) in [6.07, 6.45) is 2.58. The molecule has 1 aromatic heterocycles. The molecule has 0 unspecified atom stereocenters. The average Bonchev–Trinajstić information content (AvgIpc) is 2.58. The Kier molecular flexibility index (Phi) is 6.56. The molecule has 0 fully saturated rings. The van der Waals surface area contributed by atoms with E-state index in [4.69, 9.17) is 0 Å². The maximum atomic E-state index is 12.1. The van der Waals surface area contributed by atoms with Gasteiger partial charge in [-0.3, -0.25) is 9.78 Å². The van der Waals surface area contributed by atoms with E-state index in [0.717, 1.165) is 25.2 Å². The summed E-state index contributed by atoms with van der Waals surface area (Å²) in [7, 11) is 4.04. The fourth-order valence-corrected chi connectivity index (χ4v) is 2.15. The fourth-order valence-electron chi connectivity index (χ4n) is 2.15. The zero-order valence-electron chi connectivity index (χ0n) is 13.7. The number of hydrogen-bond donors (Lipinski definition) is 2. The van der Waals surface area contributed by atoms with Gasteiger partial charge in [0.25, 0.3) is 5.91 Å². The van der Waals surface area contributed by atoms with Gasteiger partial charge in [-0.25, -0.2) is 0 Å². The second-order valence-electron chi connectivity index (χ2n) is 5.68. The van der Waals surface area contributed by atoms with Crippen LogP contribution < -0.4 is 10.6 Å². The third-order valence-corrected chi connectivity index (χ3v) is 3.40. The fraction of sp³-hybridized carbons (Fsp3) is 0.333. The first-order valence-corrected chi connectivity index (χ1v) is 7.82. The van der Waals surface area contributed by atoms with Crippen LogP contribution in [0.15, 0.2) is 48.7 Å². The largest absolute Gasteiger partial charge is 0.381 e. The second-order valence-corrected chi connectivity index (χ2v) is 5.68. The van der Waals surface area contributed by atoms with Crippen LogP contribution in [0.25, 0.3) is 0 Å². The molecular formula is C18H24N4O. The number of rotatable bonds is 8. The summed E-state index contributed by atoms with van der Waals surface area (Å²) in [4.78, 5) is 18.3. The Morgan fingerprint density at radius 1 is 1.17 bits per heavy atom. The minimum Gasteiger partial charge on any atom is -0.381 e. The van der Waals surface area contributed by atoms with Crippen LogP contribution in [0.3, 0.4) is 0 Å². The Balaban J connectivity index is 1.85. The number of benzene rings is 1. The molecule has 1 aromatic carbocycles. The molecule has 0 aliphatic heterocycles. The van der Waals surface area contributed by atoms with E-state index in [2.05, 4.69) is 32.7 Å². The highest BCUT2D eigenvalue weighted by molar-refractivity contribution is 5.93. The van der Waals surface area contributed by atoms with Crippen molar-refractivity contribution in [3.05, 3.63) is 59.9 Å². The molecule has 0 saturated heterocycles. The maximum Gasteiger partial charge on any atom is 0.269 e. The zero-order chi connectivity index (χ0) is 16.5. The van der Waals surface area contributed by atoms with Crippen LogP contribution in [0, 0.1) is 0 Å². The van der Waals surface area contributed by atoms with E-state index in [1.165, 1.54) is 5.56 Å². The van der Waals surface area contributed by atoms with Gasteiger partial charge in [-0.2, -0.15) is 0 Å². The Hall–Kier alpha value is -2.40. The Morgan fingerprint density at radius 3 is 2.70 bits per heavy atom. The van der Waals surface area contributed by atoms with Crippen LogP contribution in [-0.4, -0.2) is 43.0 Å². The summed E-state index contributed by atoms with van der Waals surface area (Å²) in [6.45, 7) is 2.32. The van der Waals surface area contributed by atoms with Crippen molar-refractivity contribution in [2.24, 2.45) is 0 Å². The molecule has 0 radical (unpaired) electrons. The lowest BCUT2D eigenvalue weighted by Gasteiger charge is -2.10. The Labute approximate surface area is 137 Å². The molecule has 0 bridgehead atoms.